The van der Waals surface area contributed by atoms with E-state index in [2.05, 4.69) is 65.6 Å². The number of aliphatic hydroxyl groups is 1. The van der Waals surface area contributed by atoms with Crippen LogP contribution in [0.25, 0.3) is 0 Å². The van der Waals surface area contributed by atoms with Crippen molar-refractivity contribution in [2.24, 2.45) is 5.92 Å². The fourth-order valence-corrected chi connectivity index (χ4v) is 4.86. The van der Waals surface area contributed by atoms with Gasteiger partial charge in [0.2, 0.25) is 5.91 Å². The molecule has 0 aliphatic carbocycles. The van der Waals surface area contributed by atoms with Crippen molar-refractivity contribution < 1.29 is 9.90 Å². The first-order valence-corrected chi connectivity index (χ1v) is 10.4. The van der Waals surface area contributed by atoms with Gasteiger partial charge in [-0.3, -0.25) is 4.79 Å². The number of benzene rings is 2. The van der Waals surface area contributed by atoms with Gasteiger partial charge in [-0.25, -0.2) is 0 Å². The van der Waals surface area contributed by atoms with Crippen molar-refractivity contribution in [2.45, 2.75) is 31.3 Å². The van der Waals surface area contributed by atoms with Crippen LogP contribution in [0.4, 0.5) is 0 Å². The Hall–Kier alpha value is -2.17. The number of piperidine rings is 2. The molecule has 4 heteroatoms. The van der Waals surface area contributed by atoms with E-state index in [9.17, 15) is 9.90 Å². The zero-order valence-electron chi connectivity index (χ0n) is 16.6. The van der Waals surface area contributed by atoms with Gasteiger partial charge in [0, 0.05) is 51.5 Å². The topological polar surface area (TPSA) is 43.8 Å². The average molecular weight is 379 g/mol. The van der Waals surface area contributed by atoms with E-state index >= 15 is 0 Å². The van der Waals surface area contributed by atoms with Gasteiger partial charge in [0.1, 0.15) is 0 Å². The Morgan fingerprint density at radius 2 is 1.57 bits per heavy atom. The summed E-state index contributed by atoms with van der Waals surface area (Å²) in [7, 11) is 0. The van der Waals surface area contributed by atoms with Crippen LogP contribution >= 0.6 is 0 Å². The minimum Gasteiger partial charge on any atom is -0.389 e. The summed E-state index contributed by atoms with van der Waals surface area (Å²) in [6.45, 7) is 5.66. The molecule has 1 amide bonds. The lowest BCUT2D eigenvalue weighted by molar-refractivity contribution is -0.144. The Labute approximate surface area is 167 Å². The van der Waals surface area contributed by atoms with Gasteiger partial charge in [-0.15, -0.1) is 0 Å². The normalized spacial score (nSPS) is 25.5. The molecule has 0 aromatic heterocycles. The zero-order valence-corrected chi connectivity index (χ0v) is 16.6. The number of likely N-dealkylation sites (tertiary alicyclic amines) is 2. The molecule has 28 heavy (non-hydrogen) atoms. The summed E-state index contributed by atoms with van der Waals surface area (Å²) < 4.78 is 0. The summed E-state index contributed by atoms with van der Waals surface area (Å²) in [6, 6.07) is 21.4. The van der Waals surface area contributed by atoms with Gasteiger partial charge in [0.05, 0.1) is 5.60 Å². The fourth-order valence-electron chi connectivity index (χ4n) is 4.86. The third-order valence-corrected chi connectivity index (χ3v) is 6.64. The predicted molar refractivity (Wildman–Crippen MR) is 111 cm³/mol. The number of nitrogens with zero attached hydrogens (tertiary/aromatic N) is 2. The predicted octanol–water partition coefficient (Wildman–Crippen LogP) is 3.12. The first-order valence-electron chi connectivity index (χ1n) is 10.4. The third-order valence-electron chi connectivity index (χ3n) is 6.64. The van der Waals surface area contributed by atoms with Crippen LogP contribution in [0, 0.1) is 5.92 Å². The number of amides is 1. The van der Waals surface area contributed by atoms with E-state index in [1.165, 1.54) is 11.1 Å². The molecule has 2 fully saturated rings. The van der Waals surface area contributed by atoms with Gasteiger partial charge in [0.25, 0.3) is 0 Å². The summed E-state index contributed by atoms with van der Waals surface area (Å²) in [5, 5.41) is 11.1. The summed E-state index contributed by atoms with van der Waals surface area (Å²) in [5.41, 5.74) is 2.03. The van der Waals surface area contributed by atoms with E-state index in [1.54, 1.807) is 6.92 Å². The Bertz CT molecular complexity index is 755. The van der Waals surface area contributed by atoms with Crippen LogP contribution in [0.1, 0.15) is 36.8 Å². The van der Waals surface area contributed by atoms with Gasteiger partial charge < -0.3 is 14.9 Å². The molecule has 0 saturated carbocycles. The van der Waals surface area contributed by atoms with Gasteiger partial charge in [-0.05, 0) is 24.0 Å². The summed E-state index contributed by atoms with van der Waals surface area (Å²) in [4.78, 5) is 16.2. The summed E-state index contributed by atoms with van der Waals surface area (Å²) in [6.07, 6.45) is 1.49. The monoisotopic (exact) mass is 378 g/mol. The van der Waals surface area contributed by atoms with E-state index in [-0.39, 0.29) is 11.8 Å². The highest BCUT2D eigenvalue weighted by Gasteiger charge is 2.45. The second-order valence-electron chi connectivity index (χ2n) is 8.40. The highest BCUT2D eigenvalue weighted by atomic mass is 16.3. The van der Waals surface area contributed by atoms with E-state index in [0.29, 0.717) is 25.4 Å². The quantitative estimate of drug-likeness (QED) is 0.889. The van der Waals surface area contributed by atoms with Crippen molar-refractivity contribution in [2.75, 3.05) is 32.7 Å². The van der Waals surface area contributed by atoms with Crippen molar-refractivity contribution in [3.8, 4) is 0 Å². The Kier molecular flexibility index (Phi) is 5.51. The SMILES string of the molecule is CC(=O)N1CC[C@@]2(O)CCN(CC(c3ccccc3)c3ccccc3)C[C@H]2C1. The average Bonchev–Trinajstić information content (AvgIpc) is 2.73. The number of hydrogen-bond donors (Lipinski definition) is 1. The number of rotatable bonds is 4. The molecule has 0 bridgehead atoms. The maximum atomic E-state index is 11.8. The van der Waals surface area contributed by atoms with Crippen LogP contribution in [-0.2, 0) is 4.79 Å². The molecule has 2 aliphatic heterocycles. The summed E-state index contributed by atoms with van der Waals surface area (Å²) >= 11 is 0. The molecule has 2 aromatic rings. The van der Waals surface area contributed by atoms with Crippen molar-refractivity contribution >= 4 is 5.91 Å². The number of fused-ring (bicyclic) bond motifs is 1. The molecule has 148 valence electrons. The maximum absolute atomic E-state index is 11.8. The van der Waals surface area contributed by atoms with Crippen LogP contribution in [0.15, 0.2) is 60.7 Å². The highest BCUT2D eigenvalue weighted by Crippen LogP contribution is 2.37. The molecule has 0 unspecified atom stereocenters. The Morgan fingerprint density at radius 1 is 1.00 bits per heavy atom. The molecular weight excluding hydrogens is 348 g/mol. The van der Waals surface area contributed by atoms with Crippen molar-refractivity contribution in [1.29, 1.82) is 0 Å². The number of carbonyl (C=O) groups excluding carboxylic acids is 1. The fraction of sp³-hybridized carbons (Fsp3) is 0.458. The second-order valence-corrected chi connectivity index (χ2v) is 8.40. The second kappa shape index (κ2) is 8.06. The number of hydrogen-bond acceptors (Lipinski definition) is 3. The van der Waals surface area contributed by atoms with E-state index in [0.717, 1.165) is 26.1 Å². The highest BCUT2D eigenvalue weighted by molar-refractivity contribution is 5.73. The molecule has 2 aromatic carbocycles. The minimum absolute atomic E-state index is 0.116. The van der Waals surface area contributed by atoms with Crippen LogP contribution in [0.3, 0.4) is 0 Å². The van der Waals surface area contributed by atoms with Crippen molar-refractivity contribution in [3.63, 3.8) is 0 Å². The largest absolute Gasteiger partial charge is 0.389 e. The molecule has 2 saturated heterocycles. The van der Waals surface area contributed by atoms with E-state index < -0.39 is 5.60 Å². The molecule has 4 rings (SSSR count). The zero-order chi connectivity index (χ0) is 19.6. The first-order chi connectivity index (χ1) is 13.5. The first kappa shape index (κ1) is 19.2. The molecule has 2 atom stereocenters. The molecule has 1 N–H and O–H groups in total. The lowest BCUT2D eigenvalue weighted by atomic mass is 9.75. The van der Waals surface area contributed by atoms with Gasteiger partial charge in [-0.1, -0.05) is 60.7 Å². The molecule has 2 aliphatic rings. The number of carbonyl (C=O) groups is 1. The van der Waals surface area contributed by atoms with Crippen LogP contribution in [-0.4, -0.2) is 59.1 Å². The van der Waals surface area contributed by atoms with Crippen molar-refractivity contribution in [1.82, 2.24) is 9.80 Å². The molecule has 2 heterocycles. The lowest BCUT2D eigenvalue weighted by Crippen LogP contribution is -2.60. The summed E-state index contributed by atoms with van der Waals surface area (Å²) in [5.74, 6) is 0.554. The maximum Gasteiger partial charge on any atom is 0.219 e. The third kappa shape index (κ3) is 3.98. The van der Waals surface area contributed by atoms with Gasteiger partial charge in [0.15, 0.2) is 0 Å². The van der Waals surface area contributed by atoms with Gasteiger partial charge >= 0.3 is 0 Å². The molecule has 4 nitrogen and oxygen atoms in total. The minimum atomic E-state index is -0.614. The molecule has 0 radical (unpaired) electrons. The van der Waals surface area contributed by atoms with Crippen LogP contribution < -0.4 is 0 Å². The lowest BCUT2D eigenvalue weighted by Gasteiger charge is -2.50. The Balaban J connectivity index is 1.52. The van der Waals surface area contributed by atoms with Crippen LogP contribution in [0.5, 0.6) is 0 Å². The van der Waals surface area contributed by atoms with E-state index in [1.807, 2.05) is 4.90 Å². The molecule has 0 spiro atoms. The molecular formula is C24H30N2O2. The smallest absolute Gasteiger partial charge is 0.219 e. The van der Waals surface area contributed by atoms with E-state index in [4.69, 9.17) is 0 Å². The van der Waals surface area contributed by atoms with Crippen LogP contribution in [0.2, 0.25) is 0 Å². The van der Waals surface area contributed by atoms with Gasteiger partial charge in [-0.2, -0.15) is 0 Å². The standard InChI is InChI=1S/C24H30N2O2/c1-19(27)26-15-13-24(28)12-14-25(16-22(24)17-26)18-23(20-8-4-2-5-9-20)21-10-6-3-7-11-21/h2-11,22-23,28H,12-18H2,1H3/t22-,24-/m0/s1. The van der Waals surface area contributed by atoms with Crippen molar-refractivity contribution in [3.05, 3.63) is 71.8 Å². The Morgan fingerprint density at radius 3 is 2.14 bits per heavy atom.